The molecule has 0 aliphatic heterocycles. The minimum Gasteiger partial charge on any atom is -0.400 e. The Morgan fingerprint density at radius 3 is 0.733 bits per heavy atom. The Bertz CT molecular complexity index is 67.6. The lowest BCUT2D eigenvalue weighted by Gasteiger charge is -2.04. The van der Waals surface area contributed by atoms with Crippen LogP contribution in [0.1, 0.15) is 48.5 Å². The number of rotatable bonds is 0. The lowest BCUT2D eigenvalue weighted by molar-refractivity contribution is 0.102. The van der Waals surface area contributed by atoms with Crippen molar-refractivity contribution in [2.75, 3.05) is 7.11 Å². The average molecular weight is 226 g/mol. The number of hydrogen-bond acceptors (Lipinski definition) is 4. The lowest BCUT2D eigenvalue weighted by Crippen LogP contribution is -2.10. The molecule has 0 saturated heterocycles. The summed E-state index contributed by atoms with van der Waals surface area (Å²) < 4.78 is 0. The maximum absolute atomic E-state index is 8.52. The summed E-state index contributed by atoms with van der Waals surface area (Å²) in [6, 6.07) is 0. The molecule has 4 heteroatoms. The summed E-state index contributed by atoms with van der Waals surface area (Å²) in [4.78, 5) is 0. The van der Waals surface area contributed by atoms with Gasteiger partial charge in [-0.3, -0.25) is 0 Å². The normalized spacial score (nSPS) is 9.20. The summed E-state index contributed by atoms with van der Waals surface area (Å²) in [6.45, 7) is 12.1. The van der Waals surface area contributed by atoms with E-state index in [1.54, 1.807) is 48.5 Å². The summed E-state index contributed by atoms with van der Waals surface area (Å²) in [5.41, 5.74) is -0.500. The molecule has 98 valence electrons. The van der Waals surface area contributed by atoms with Gasteiger partial charge in [0, 0.05) is 19.3 Å². The van der Waals surface area contributed by atoms with Crippen LogP contribution in [0.15, 0.2) is 0 Å². The molecule has 15 heavy (non-hydrogen) atoms. The highest BCUT2D eigenvalue weighted by Gasteiger charge is 1.97. The van der Waals surface area contributed by atoms with Gasteiger partial charge in [0.2, 0.25) is 0 Å². The number of hydrogen-bond donors (Lipinski definition) is 4. The molecule has 0 amide bonds. The molecule has 0 rings (SSSR count). The summed E-state index contributed by atoms with van der Waals surface area (Å²) in [5, 5.41) is 31.6. The predicted molar refractivity (Wildman–Crippen MR) is 64.8 cm³/mol. The first-order chi connectivity index (χ1) is 6.46. The number of aliphatic hydroxyl groups is 4. The molecule has 0 aliphatic rings. The van der Waals surface area contributed by atoms with Crippen molar-refractivity contribution in [1.29, 1.82) is 0 Å². The van der Waals surface area contributed by atoms with Crippen LogP contribution >= 0.6 is 0 Å². The maximum Gasteiger partial charge on any atom is 0.0563 e. The summed E-state index contributed by atoms with van der Waals surface area (Å²) in [6.07, 6.45) is -0.333. The molecule has 0 aliphatic carbocycles. The van der Waals surface area contributed by atoms with Crippen molar-refractivity contribution in [3.63, 3.8) is 0 Å². The monoisotopic (exact) mass is 226 g/mol. The Kier molecular flexibility index (Phi) is 26.2. The van der Waals surface area contributed by atoms with E-state index in [0.29, 0.717) is 0 Å². The van der Waals surface area contributed by atoms with Crippen molar-refractivity contribution in [2.24, 2.45) is 0 Å². The molecule has 0 heterocycles. The van der Waals surface area contributed by atoms with Crippen LogP contribution in [0, 0.1) is 0 Å². The fraction of sp³-hybridized carbons (Fsp3) is 1.00. The molecule has 0 radical (unpaired) electrons. The molecule has 0 atom stereocenters. The van der Waals surface area contributed by atoms with E-state index in [4.69, 9.17) is 20.4 Å². The smallest absolute Gasteiger partial charge is 0.0563 e. The van der Waals surface area contributed by atoms with Crippen molar-refractivity contribution < 1.29 is 20.4 Å². The van der Waals surface area contributed by atoms with Crippen LogP contribution in [-0.2, 0) is 0 Å². The van der Waals surface area contributed by atoms with Crippen LogP contribution in [0.25, 0.3) is 0 Å². The van der Waals surface area contributed by atoms with Gasteiger partial charge in [-0.05, 0) is 48.5 Å². The predicted octanol–water partition coefficient (Wildman–Crippen LogP) is 1.16. The van der Waals surface area contributed by atoms with Gasteiger partial charge in [0.05, 0.1) is 5.60 Å². The third-order valence-electron chi connectivity index (χ3n) is 0. The molecule has 0 fully saturated rings. The van der Waals surface area contributed by atoms with Gasteiger partial charge in [-0.15, -0.1) is 0 Å². The van der Waals surface area contributed by atoms with E-state index >= 15 is 0 Å². The standard InChI is InChI=1S/C4H10O.2C3H8O.CH4O/c1-4(2,3)5;2*1-3(2)4;1-2/h5H,1-3H3;2*3-4H,1-2H3;2H,1H3. The summed E-state index contributed by atoms with van der Waals surface area (Å²) >= 11 is 0. The minimum atomic E-state index is -0.500. The fourth-order valence-corrected chi connectivity index (χ4v) is 0. The van der Waals surface area contributed by atoms with E-state index < -0.39 is 5.60 Å². The molecule has 0 aromatic carbocycles. The molecule has 0 aromatic rings. The average Bonchev–Trinajstić information content (AvgIpc) is 1.83. The third kappa shape index (κ3) is 75800. The first-order valence-electron chi connectivity index (χ1n) is 5.00. The fourth-order valence-electron chi connectivity index (χ4n) is 0. The van der Waals surface area contributed by atoms with Gasteiger partial charge in [-0.1, -0.05) is 0 Å². The second-order valence-electron chi connectivity index (χ2n) is 4.36. The zero-order valence-electron chi connectivity index (χ0n) is 11.4. The van der Waals surface area contributed by atoms with Gasteiger partial charge >= 0.3 is 0 Å². The van der Waals surface area contributed by atoms with Crippen LogP contribution in [0.2, 0.25) is 0 Å². The van der Waals surface area contributed by atoms with Gasteiger partial charge < -0.3 is 20.4 Å². The van der Waals surface area contributed by atoms with Gasteiger partial charge in [0.15, 0.2) is 0 Å². The molecule has 0 aromatic heterocycles. The second kappa shape index (κ2) is 16.3. The Morgan fingerprint density at radius 2 is 0.733 bits per heavy atom. The van der Waals surface area contributed by atoms with Crippen molar-refractivity contribution in [3.05, 3.63) is 0 Å². The Labute approximate surface area is 94.6 Å². The molecular weight excluding hydrogens is 196 g/mol. The van der Waals surface area contributed by atoms with Gasteiger partial charge in [0.1, 0.15) is 0 Å². The minimum absolute atomic E-state index is 0.167. The van der Waals surface area contributed by atoms with Crippen LogP contribution in [0.4, 0.5) is 0 Å². The molecule has 0 unspecified atom stereocenters. The first-order valence-corrected chi connectivity index (χ1v) is 5.00. The van der Waals surface area contributed by atoms with E-state index in [1.807, 2.05) is 0 Å². The highest BCUT2D eigenvalue weighted by molar-refractivity contribution is 4.50. The van der Waals surface area contributed by atoms with E-state index in [0.717, 1.165) is 7.11 Å². The van der Waals surface area contributed by atoms with Crippen LogP contribution in [0.5, 0.6) is 0 Å². The van der Waals surface area contributed by atoms with Crippen LogP contribution < -0.4 is 0 Å². The second-order valence-corrected chi connectivity index (χ2v) is 4.36. The topological polar surface area (TPSA) is 80.9 Å². The summed E-state index contributed by atoms with van der Waals surface area (Å²) in [7, 11) is 1.00. The lowest BCUT2D eigenvalue weighted by atomic mass is 10.2. The van der Waals surface area contributed by atoms with Crippen molar-refractivity contribution in [2.45, 2.75) is 66.3 Å². The van der Waals surface area contributed by atoms with Crippen molar-refractivity contribution >= 4 is 0 Å². The van der Waals surface area contributed by atoms with E-state index in [1.165, 1.54) is 0 Å². The summed E-state index contributed by atoms with van der Waals surface area (Å²) in [5.74, 6) is 0. The van der Waals surface area contributed by atoms with Gasteiger partial charge in [0.25, 0.3) is 0 Å². The highest BCUT2D eigenvalue weighted by atomic mass is 16.3. The maximum atomic E-state index is 8.52. The molecule has 4 nitrogen and oxygen atoms in total. The van der Waals surface area contributed by atoms with Crippen LogP contribution in [-0.4, -0.2) is 45.3 Å². The molecule has 0 bridgehead atoms. The molecule has 4 N–H and O–H groups in total. The zero-order valence-corrected chi connectivity index (χ0v) is 11.4. The zero-order chi connectivity index (χ0) is 13.7. The van der Waals surface area contributed by atoms with Crippen molar-refractivity contribution in [1.82, 2.24) is 0 Å². The Morgan fingerprint density at radius 1 is 0.733 bits per heavy atom. The first kappa shape index (κ1) is 24.2. The number of aliphatic hydroxyl groups excluding tert-OH is 3. The molecule has 0 spiro atoms. The van der Waals surface area contributed by atoms with Crippen LogP contribution in [0.3, 0.4) is 0 Å². The van der Waals surface area contributed by atoms with E-state index in [2.05, 4.69) is 0 Å². The highest BCUT2D eigenvalue weighted by Crippen LogP contribution is 1.93. The van der Waals surface area contributed by atoms with E-state index in [9.17, 15) is 0 Å². The Hall–Kier alpha value is -0.160. The molecule has 0 saturated carbocycles. The molecular formula is C11H30O4. The van der Waals surface area contributed by atoms with Gasteiger partial charge in [-0.25, -0.2) is 0 Å². The van der Waals surface area contributed by atoms with Gasteiger partial charge in [-0.2, -0.15) is 0 Å². The SMILES string of the molecule is CC(C)(C)O.CC(C)O.CC(C)O.CO. The van der Waals surface area contributed by atoms with E-state index in [-0.39, 0.29) is 12.2 Å². The Balaban J connectivity index is -0.0000000562. The van der Waals surface area contributed by atoms with Crippen molar-refractivity contribution in [3.8, 4) is 0 Å². The third-order valence-corrected chi connectivity index (χ3v) is 0. The largest absolute Gasteiger partial charge is 0.400 e. The quantitative estimate of drug-likeness (QED) is 0.499.